The molecule has 0 spiro atoms. The fourth-order valence-electron chi connectivity index (χ4n) is 3.04. The van der Waals surface area contributed by atoms with Gasteiger partial charge in [0.05, 0.1) is 11.4 Å². The minimum absolute atomic E-state index is 0.165. The first-order chi connectivity index (χ1) is 14.2. The van der Waals surface area contributed by atoms with Gasteiger partial charge in [0.1, 0.15) is 5.69 Å². The maximum Gasteiger partial charge on any atom is 0.270 e. The van der Waals surface area contributed by atoms with Gasteiger partial charge >= 0.3 is 0 Å². The van der Waals surface area contributed by atoms with E-state index in [4.69, 9.17) is 11.6 Å². The van der Waals surface area contributed by atoms with Crippen molar-refractivity contribution in [2.75, 3.05) is 6.54 Å². The third-order valence-corrected chi connectivity index (χ3v) is 4.74. The van der Waals surface area contributed by atoms with Crippen molar-refractivity contribution in [3.05, 3.63) is 89.8 Å². The largest absolute Gasteiger partial charge is 0.351 e. The number of hydrogen-bond acceptors (Lipinski definition) is 3. The smallest absolute Gasteiger partial charge is 0.270 e. The van der Waals surface area contributed by atoms with Crippen LogP contribution in [0.1, 0.15) is 16.9 Å². The Labute approximate surface area is 173 Å². The predicted molar refractivity (Wildman–Crippen MR) is 113 cm³/mol. The summed E-state index contributed by atoms with van der Waals surface area (Å²) in [6, 6.07) is 20.7. The van der Waals surface area contributed by atoms with Crippen LogP contribution in [-0.2, 0) is 6.54 Å². The first kappa shape index (κ1) is 19.0. The van der Waals surface area contributed by atoms with Gasteiger partial charge in [-0.2, -0.15) is 10.2 Å². The van der Waals surface area contributed by atoms with Gasteiger partial charge in [-0.1, -0.05) is 41.9 Å². The van der Waals surface area contributed by atoms with E-state index in [2.05, 4.69) is 15.5 Å². The number of carbonyl (C=O) groups excluding carboxylic acids is 1. The van der Waals surface area contributed by atoms with Gasteiger partial charge in [0.2, 0.25) is 0 Å². The van der Waals surface area contributed by atoms with E-state index in [1.54, 1.807) is 16.9 Å². The van der Waals surface area contributed by atoms with Crippen molar-refractivity contribution in [2.24, 2.45) is 0 Å². The Hall–Kier alpha value is -3.38. The van der Waals surface area contributed by atoms with Gasteiger partial charge in [-0.3, -0.25) is 9.48 Å². The molecule has 29 heavy (non-hydrogen) atoms. The van der Waals surface area contributed by atoms with E-state index in [0.717, 1.165) is 24.2 Å². The van der Waals surface area contributed by atoms with Crippen LogP contribution in [0.2, 0.25) is 5.02 Å². The van der Waals surface area contributed by atoms with Crippen LogP contribution in [0.4, 0.5) is 0 Å². The number of hydrogen-bond donors (Lipinski definition) is 1. The quantitative estimate of drug-likeness (QED) is 0.468. The monoisotopic (exact) mass is 405 g/mol. The number of para-hydroxylation sites is 1. The molecule has 0 saturated heterocycles. The molecule has 2 aromatic heterocycles. The zero-order valence-electron chi connectivity index (χ0n) is 15.7. The summed E-state index contributed by atoms with van der Waals surface area (Å²) in [5.74, 6) is -0.165. The third kappa shape index (κ3) is 4.55. The molecule has 1 amide bonds. The normalized spacial score (nSPS) is 10.8. The molecular formula is C22H20ClN5O. The van der Waals surface area contributed by atoms with Crippen LogP contribution in [0, 0.1) is 0 Å². The van der Waals surface area contributed by atoms with Crippen molar-refractivity contribution in [1.29, 1.82) is 0 Å². The SMILES string of the molecule is O=C(NCCCn1cccn1)c1cc(-c2ccc(Cl)cc2)nn1-c1ccccc1. The van der Waals surface area contributed by atoms with E-state index in [-0.39, 0.29) is 5.91 Å². The maximum atomic E-state index is 12.9. The van der Waals surface area contributed by atoms with Crippen LogP contribution < -0.4 is 5.32 Å². The topological polar surface area (TPSA) is 64.7 Å². The minimum Gasteiger partial charge on any atom is -0.351 e. The lowest BCUT2D eigenvalue weighted by atomic mass is 10.1. The molecular weight excluding hydrogens is 386 g/mol. The van der Waals surface area contributed by atoms with Crippen LogP contribution in [0.5, 0.6) is 0 Å². The Morgan fingerprint density at radius 3 is 2.55 bits per heavy atom. The number of amides is 1. The number of aryl methyl sites for hydroxylation is 1. The number of nitrogens with one attached hydrogen (secondary N) is 1. The summed E-state index contributed by atoms with van der Waals surface area (Å²) < 4.78 is 3.52. The van der Waals surface area contributed by atoms with E-state index in [9.17, 15) is 4.79 Å². The van der Waals surface area contributed by atoms with Crippen molar-refractivity contribution in [3.63, 3.8) is 0 Å². The van der Waals surface area contributed by atoms with Crippen LogP contribution >= 0.6 is 11.6 Å². The molecule has 4 aromatic rings. The standard InChI is InChI=1S/C22H20ClN5O/c23-18-10-8-17(9-11-18)20-16-21(28(26-20)19-6-2-1-3-7-19)22(29)24-12-4-14-27-15-5-13-25-27/h1-3,5-11,13,15-16H,4,12,14H2,(H,24,29). The average molecular weight is 406 g/mol. The molecule has 0 atom stereocenters. The molecule has 1 N–H and O–H groups in total. The molecule has 0 bridgehead atoms. The highest BCUT2D eigenvalue weighted by Gasteiger charge is 2.17. The van der Waals surface area contributed by atoms with Gasteiger partial charge in [0, 0.05) is 36.1 Å². The fraction of sp³-hybridized carbons (Fsp3) is 0.136. The first-order valence-electron chi connectivity index (χ1n) is 9.38. The highest BCUT2D eigenvalue weighted by Crippen LogP contribution is 2.23. The van der Waals surface area contributed by atoms with E-state index < -0.39 is 0 Å². The van der Waals surface area contributed by atoms with Gasteiger partial charge in [-0.05, 0) is 42.8 Å². The van der Waals surface area contributed by atoms with Crippen molar-refractivity contribution >= 4 is 17.5 Å². The van der Waals surface area contributed by atoms with E-state index in [1.165, 1.54) is 0 Å². The number of nitrogens with zero attached hydrogens (tertiary/aromatic N) is 4. The molecule has 0 fully saturated rings. The molecule has 0 aliphatic carbocycles. The van der Waals surface area contributed by atoms with Crippen molar-refractivity contribution in [2.45, 2.75) is 13.0 Å². The molecule has 4 rings (SSSR count). The summed E-state index contributed by atoms with van der Waals surface area (Å²) >= 11 is 5.99. The molecule has 146 valence electrons. The third-order valence-electron chi connectivity index (χ3n) is 4.49. The second kappa shape index (κ2) is 8.75. The summed E-state index contributed by atoms with van der Waals surface area (Å²) in [6.45, 7) is 1.30. The van der Waals surface area contributed by atoms with Gasteiger partial charge in [-0.25, -0.2) is 4.68 Å². The zero-order valence-corrected chi connectivity index (χ0v) is 16.5. The average Bonchev–Trinajstić information content (AvgIpc) is 3.42. The van der Waals surface area contributed by atoms with Gasteiger partial charge in [0.15, 0.2) is 0 Å². The molecule has 6 nitrogen and oxygen atoms in total. The van der Waals surface area contributed by atoms with E-state index >= 15 is 0 Å². The Morgan fingerprint density at radius 2 is 1.83 bits per heavy atom. The van der Waals surface area contributed by atoms with Crippen molar-refractivity contribution in [3.8, 4) is 16.9 Å². The minimum atomic E-state index is -0.165. The number of benzene rings is 2. The van der Waals surface area contributed by atoms with Crippen LogP contribution in [-0.4, -0.2) is 32.0 Å². The van der Waals surface area contributed by atoms with E-state index in [1.807, 2.05) is 71.5 Å². The molecule has 2 heterocycles. The predicted octanol–water partition coefficient (Wildman–Crippen LogP) is 4.21. The van der Waals surface area contributed by atoms with E-state index in [0.29, 0.717) is 23.0 Å². The number of halogens is 1. The summed E-state index contributed by atoms with van der Waals surface area (Å²) in [5.41, 5.74) is 2.93. The van der Waals surface area contributed by atoms with Crippen LogP contribution in [0.15, 0.2) is 79.1 Å². The molecule has 0 saturated carbocycles. The Kier molecular flexibility index (Phi) is 5.72. The summed E-state index contributed by atoms with van der Waals surface area (Å²) in [4.78, 5) is 12.9. The summed E-state index contributed by atoms with van der Waals surface area (Å²) in [6.07, 6.45) is 4.44. The lowest BCUT2D eigenvalue weighted by Crippen LogP contribution is -2.27. The van der Waals surface area contributed by atoms with Crippen LogP contribution in [0.3, 0.4) is 0 Å². The number of carbonyl (C=O) groups is 1. The van der Waals surface area contributed by atoms with Crippen LogP contribution in [0.25, 0.3) is 16.9 Å². The Bertz CT molecular complexity index is 1070. The first-order valence-corrected chi connectivity index (χ1v) is 9.75. The Balaban J connectivity index is 1.55. The maximum absolute atomic E-state index is 12.9. The second-order valence-electron chi connectivity index (χ2n) is 6.55. The summed E-state index contributed by atoms with van der Waals surface area (Å²) in [5, 5.41) is 12.5. The highest BCUT2D eigenvalue weighted by molar-refractivity contribution is 6.30. The molecule has 0 radical (unpaired) electrons. The fourth-order valence-corrected chi connectivity index (χ4v) is 3.16. The highest BCUT2D eigenvalue weighted by atomic mass is 35.5. The second-order valence-corrected chi connectivity index (χ2v) is 6.98. The number of aromatic nitrogens is 4. The van der Waals surface area contributed by atoms with Gasteiger partial charge in [-0.15, -0.1) is 0 Å². The molecule has 2 aromatic carbocycles. The molecule has 0 unspecified atom stereocenters. The number of rotatable bonds is 7. The molecule has 7 heteroatoms. The zero-order chi connectivity index (χ0) is 20.1. The Morgan fingerprint density at radius 1 is 1.03 bits per heavy atom. The van der Waals surface area contributed by atoms with Crippen molar-refractivity contribution < 1.29 is 4.79 Å². The van der Waals surface area contributed by atoms with Crippen molar-refractivity contribution in [1.82, 2.24) is 24.9 Å². The lowest BCUT2D eigenvalue weighted by molar-refractivity contribution is 0.0945. The van der Waals surface area contributed by atoms with Gasteiger partial charge < -0.3 is 5.32 Å². The lowest BCUT2D eigenvalue weighted by Gasteiger charge is -2.08. The summed E-state index contributed by atoms with van der Waals surface area (Å²) in [7, 11) is 0. The van der Waals surface area contributed by atoms with Gasteiger partial charge in [0.25, 0.3) is 5.91 Å². The molecule has 0 aliphatic rings. The molecule has 0 aliphatic heterocycles.